The number of aryl methyl sites for hydroxylation is 2. The maximum atomic E-state index is 13.1. The van der Waals surface area contributed by atoms with Gasteiger partial charge in [0, 0.05) is 59.1 Å². The first-order chi connectivity index (χ1) is 17.5. The summed E-state index contributed by atoms with van der Waals surface area (Å²) >= 11 is 0. The van der Waals surface area contributed by atoms with E-state index in [1.807, 2.05) is 35.1 Å². The highest BCUT2D eigenvalue weighted by Crippen LogP contribution is 2.42. The van der Waals surface area contributed by atoms with Crippen LogP contribution < -0.4 is 11.1 Å². The predicted octanol–water partition coefficient (Wildman–Crippen LogP) is 5.02. The third-order valence-electron chi connectivity index (χ3n) is 6.98. The van der Waals surface area contributed by atoms with Crippen LogP contribution in [0.1, 0.15) is 55.7 Å². The molecular formula is C27H30N8O. The Balaban J connectivity index is 1.46. The van der Waals surface area contributed by atoms with Crippen LogP contribution >= 0.6 is 0 Å². The molecule has 0 fully saturated rings. The Kier molecular flexibility index (Phi) is 5.28. The zero-order valence-corrected chi connectivity index (χ0v) is 20.8. The lowest BCUT2D eigenvalue weighted by molar-refractivity contribution is 0.102. The summed E-state index contributed by atoms with van der Waals surface area (Å²) in [5, 5.41) is 9.36. The lowest BCUT2D eigenvalue weighted by Gasteiger charge is -2.13. The average Bonchev–Trinajstić information content (AvgIpc) is 3.50. The number of hydrogen-bond acceptors (Lipinski definition) is 5. The molecule has 0 atom stereocenters. The predicted molar refractivity (Wildman–Crippen MR) is 142 cm³/mol. The molecule has 1 aromatic carbocycles. The first-order valence-corrected chi connectivity index (χ1v) is 12.6. The molecule has 5 aromatic rings. The van der Waals surface area contributed by atoms with E-state index in [2.05, 4.69) is 56.4 Å². The number of nitrogens with zero attached hydrogens (tertiary/aromatic N) is 6. The molecule has 9 nitrogen and oxygen atoms in total. The largest absolute Gasteiger partial charge is 0.383 e. The minimum atomic E-state index is -0.169. The van der Waals surface area contributed by atoms with Gasteiger partial charge >= 0.3 is 0 Å². The number of rotatable bonds is 5. The topological polar surface area (TPSA) is 109 Å². The van der Waals surface area contributed by atoms with Gasteiger partial charge in [0.2, 0.25) is 0 Å². The van der Waals surface area contributed by atoms with Crippen LogP contribution in [0.15, 0.2) is 42.9 Å². The van der Waals surface area contributed by atoms with Crippen LogP contribution in [0.25, 0.3) is 33.2 Å². The van der Waals surface area contributed by atoms with Gasteiger partial charge in [-0.2, -0.15) is 5.10 Å². The van der Waals surface area contributed by atoms with Gasteiger partial charge in [-0.25, -0.2) is 9.97 Å². The van der Waals surface area contributed by atoms with Crippen LogP contribution in [-0.2, 0) is 19.5 Å². The van der Waals surface area contributed by atoms with Gasteiger partial charge in [-0.1, -0.05) is 13.0 Å². The molecule has 1 amide bonds. The fraction of sp³-hybridized carbons (Fsp3) is 0.333. The number of benzene rings is 1. The first-order valence-electron chi connectivity index (χ1n) is 12.6. The maximum absolute atomic E-state index is 13.1. The van der Waals surface area contributed by atoms with Gasteiger partial charge in [0.15, 0.2) is 5.82 Å². The number of nitrogen functional groups attached to an aromatic ring is 1. The summed E-state index contributed by atoms with van der Waals surface area (Å²) in [6.45, 7) is 8.12. The summed E-state index contributed by atoms with van der Waals surface area (Å²) < 4.78 is 6.45. The lowest BCUT2D eigenvalue weighted by atomic mass is 10.1. The van der Waals surface area contributed by atoms with E-state index < -0.39 is 0 Å². The molecule has 0 aliphatic carbocycles. The molecule has 4 aromatic heterocycles. The van der Waals surface area contributed by atoms with Gasteiger partial charge in [0.25, 0.3) is 5.91 Å². The van der Waals surface area contributed by atoms with E-state index in [9.17, 15) is 4.79 Å². The molecule has 0 saturated carbocycles. The zero-order chi connectivity index (χ0) is 25.0. The number of fused-ring (bicyclic) bond motifs is 7. The van der Waals surface area contributed by atoms with Crippen LogP contribution in [0.2, 0.25) is 0 Å². The fourth-order valence-corrected chi connectivity index (χ4v) is 5.50. The summed E-state index contributed by atoms with van der Waals surface area (Å²) in [6.07, 6.45) is 6.32. The molecule has 1 aliphatic rings. The van der Waals surface area contributed by atoms with E-state index in [-0.39, 0.29) is 11.9 Å². The molecule has 3 N–H and O–H groups in total. The number of nitrogens with one attached hydrogen (secondary N) is 1. The summed E-state index contributed by atoms with van der Waals surface area (Å²) in [5.41, 5.74) is 12.4. The SMILES string of the molecule is CCCn1ccc(NC(=O)c2ccc3cc4n(c3c2)CCCc2c-4c3c(N)ncnc3n2C(C)C)n1. The molecule has 36 heavy (non-hydrogen) atoms. The molecule has 0 spiro atoms. The van der Waals surface area contributed by atoms with Crippen molar-refractivity contribution in [3.63, 3.8) is 0 Å². The van der Waals surface area contributed by atoms with Crippen molar-refractivity contribution in [2.45, 2.75) is 59.2 Å². The van der Waals surface area contributed by atoms with E-state index in [1.165, 1.54) is 5.69 Å². The van der Waals surface area contributed by atoms with Crippen molar-refractivity contribution >= 4 is 39.5 Å². The molecule has 5 heterocycles. The Morgan fingerprint density at radius 2 is 2.06 bits per heavy atom. The summed E-state index contributed by atoms with van der Waals surface area (Å²) in [7, 11) is 0. The van der Waals surface area contributed by atoms with Gasteiger partial charge < -0.3 is 20.2 Å². The van der Waals surface area contributed by atoms with Gasteiger partial charge in [-0.15, -0.1) is 0 Å². The van der Waals surface area contributed by atoms with Gasteiger partial charge in [-0.05, 0) is 51.3 Å². The molecule has 184 valence electrons. The van der Waals surface area contributed by atoms with Crippen LogP contribution in [0.3, 0.4) is 0 Å². The maximum Gasteiger partial charge on any atom is 0.256 e. The van der Waals surface area contributed by atoms with Crippen molar-refractivity contribution in [1.82, 2.24) is 28.9 Å². The minimum Gasteiger partial charge on any atom is -0.383 e. The molecular weight excluding hydrogens is 452 g/mol. The van der Waals surface area contributed by atoms with Gasteiger partial charge in [-0.3, -0.25) is 9.48 Å². The van der Waals surface area contributed by atoms with E-state index in [0.717, 1.165) is 65.5 Å². The number of carbonyl (C=O) groups is 1. The number of amides is 1. The lowest BCUT2D eigenvalue weighted by Crippen LogP contribution is -2.13. The van der Waals surface area contributed by atoms with E-state index in [4.69, 9.17) is 5.73 Å². The Bertz CT molecular complexity index is 1620. The van der Waals surface area contributed by atoms with Crippen molar-refractivity contribution in [2.75, 3.05) is 11.1 Å². The minimum absolute atomic E-state index is 0.169. The summed E-state index contributed by atoms with van der Waals surface area (Å²) in [6, 6.07) is 10.1. The first kappa shape index (κ1) is 22.3. The van der Waals surface area contributed by atoms with Crippen molar-refractivity contribution in [3.05, 3.63) is 54.1 Å². The monoisotopic (exact) mass is 482 g/mol. The second-order valence-corrected chi connectivity index (χ2v) is 9.72. The second kappa shape index (κ2) is 8.51. The van der Waals surface area contributed by atoms with Gasteiger partial charge in [0.05, 0.1) is 11.1 Å². The summed E-state index contributed by atoms with van der Waals surface area (Å²) in [5.74, 6) is 0.888. The molecule has 0 bridgehead atoms. The molecule has 9 heteroatoms. The second-order valence-electron chi connectivity index (χ2n) is 9.72. The number of aromatic nitrogens is 6. The van der Waals surface area contributed by atoms with E-state index in [1.54, 1.807) is 6.33 Å². The highest BCUT2D eigenvalue weighted by atomic mass is 16.1. The van der Waals surface area contributed by atoms with Crippen LogP contribution in [0, 0.1) is 0 Å². The molecule has 0 radical (unpaired) electrons. The zero-order valence-electron chi connectivity index (χ0n) is 20.8. The Morgan fingerprint density at radius 3 is 2.86 bits per heavy atom. The standard InChI is InChI=1S/C27H30N8O/c1-4-10-33-12-9-22(32-33)31-27(36)18-8-7-17-13-21-23-19(6-5-11-34(21)20(17)14-18)35(16(2)3)26-24(23)25(28)29-15-30-26/h7-9,12-16H,4-6,10-11H2,1-3H3,(H2,28,29,30)(H,31,32,36). The van der Waals surface area contributed by atoms with Crippen LogP contribution in [0.5, 0.6) is 0 Å². The Morgan fingerprint density at radius 1 is 1.19 bits per heavy atom. The van der Waals surface area contributed by atoms with Gasteiger partial charge in [0.1, 0.15) is 17.8 Å². The Hall–Kier alpha value is -4.14. The van der Waals surface area contributed by atoms with E-state index in [0.29, 0.717) is 17.2 Å². The number of anilines is 2. The van der Waals surface area contributed by atoms with Crippen molar-refractivity contribution in [1.29, 1.82) is 0 Å². The molecule has 0 unspecified atom stereocenters. The normalized spacial score (nSPS) is 13.2. The summed E-state index contributed by atoms with van der Waals surface area (Å²) in [4.78, 5) is 22.0. The third kappa shape index (κ3) is 3.45. The highest BCUT2D eigenvalue weighted by molar-refractivity contribution is 6.07. The number of carbonyl (C=O) groups excluding carboxylic acids is 1. The smallest absolute Gasteiger partial charge is 0.256 e. The van der Waals surface area contributed by atoms with Crippen molar-refractivity contribution < 1.29 is 4.79 Å². The van der Waals surface area contributed by atoms with Crippen LogP contribution in [0.4, 0.5) is 11.6 Å². The third-order valence-corrected chi connectivity index (χ3v) is 6.98. The molecule has 0 saturated heterocycles. The van der Waals surface area contributed by atoms with Crippen LogP contribution in [-0.4, -0.2) is 34.8 Å². The quantitative estimate of drug-likeness (QED) is 0.366. The Labute approximate surface area is 208 Å². The van der Waals surface area contributed by atoms with Crippen molar-refractivity contribution in [3.8, 4) is 11.3 Å². The van der Waals surface area contributed by atoms with E-state index >= 15 is 0 Å². The number of nitrogens with two attached hydrogens (primary N) is 1. The fourth-order valence-electron chi connectivity index (χ4n) is 5.50. The molecule has 1 aliphatic heterocycles. The van der Waals surface area contributed by atoms with Crippen molar-refractivity contribution in [2.24, 2.45) is 0 Å². The average molecular weight is 483 g/mol. The molecule has 6 rings (SSSR count). The number of hydrogen-bond donors (Lipinski definition) is 2. The highest BCUT2D eigenvalue weighted by Gasteiger charge is 2.28.